The van der Waals surface area contributed by atoms with Crippen molar-refractivity contribution in [2.45, 2.75) is 64.6 Å². The summed E-state index contributed by atoms with van der Waals surface area (Å²) >= 11 is 0. The van der Waals surface area contributed by atoms with Gasteiger partial charge in [0.25, 0.3) is 5.56 Å². The summed E-state index contributed by atoms with van der Waals surface area (Å²) in [6.45, 7) is 5.75. The number of nitrogens with one attached hydrogen (secondary N) is 3. The molecule has 0 spiro atoms. The molecule has 3 aromatic rings. The highest BCUT2D eigenvalue weighted by molar-refractivity contribution is 5.93. The van der Waals surface area contributed by atoms with Crippen molar-refractivity contribution in [3.05, 3.63) is 70.0 Å². The first-order valence-corrected chi connectivity index (χ1v) is 14.9. The number of carboxylic acid groups (broad SMARTS) is 1. The number of piperidine rings is 1. The first kappa shape index (κ1) is 32.5. The van der Waals surface area contributed by atoms with Gasteiger partial charge in [0.2, 0.25) is 5.91 Å². The van der Waals surface area contributed by atoms with Gasteiger partial charge < -0.3 is 15.7 Å². The summed E-state index contributed by atoms with van der Waals surface area (Å²) in [5.74, 6) is -1.69. The van der Waals surface area contributed by atoms with Gasteiger partial charge >= 0.3 is 5.97 Å². The van der Waals surface area contributed by atoms with E-state index < -0.39 is 41.7 Å². The molecule has 236 valence electrons. The smallest absolute Gasteiger partial charge is 0.305 e. The van der Waals surface area contributed by atoms with Crippen molar-refractivity contribution >= 4 is 23.5 Å². The fourth-order valence-electron chi connectivity index (χ4n) is 5.32. The third-order valence-corrected chi connectivity index (χ3v) is 7.86. The molecule has 1 unspecified atom stereocenters. The van der Waals surface area contributed by atoms with Crippen LogP contribution in [0.2, 0.25) is 0 Å². The zero-order valence-corrected chi connectivity index (χ0v) is 25.1. The molecule has 2 atom stereocenters. The number of carbonyl (C=O) groups is 3. The highest BCUT2D eigenvalue weighted by Crippen LogP contribution is 2.21. The number of carboxylic acids is 1. The number of aliphatic carboxylic acids is 1. The van der Waals surface area contributed by atoms with E-state index in [-0.39, 0.29) is 25.3 Å². The van der Waals surface area contributed by atoms with Crippen LogP contribution < -0.4 is 21.5 Å². The normalized spacial score (nSPS) is 15.4. The van der Waals surface area contributed by atoms with E-state index in [2.05, 4.69) is 65.0 Å². The second-order valence-electron chi connectivity index (χ2n) is 11.0. The third-order valence-electron chi connectivity index (χ3n) is 7.86. The van der Waals surface area contributed by atoms with E-state index in [4.69, 9.17) is 0 Å². The number of likely N-dealkylation sites (tertiary alicyclic amines) is 1. The Morgan fingerprint density at radius 1 is 1.14 bits per heavy atom. The molecule has 1 aliphatic rings. The van der Waals surface area contributed by atoms with E-state index in [1.54, 1.807) is 13.8 Å². The van der Waals surface area contributed by atoms with Crippen molar-refractivity contribution < 1.29 is 24.1 Å². The van der Waals surface area contributed by atoms with E-state index >= 15 is 0 Å². The summed E-state index contributed by atoms with van der Waals surface area (Å²) in [4.78, 5) is 57.3. The number of nitrogens with zero attached hydrogens (tertiary/aromatic N) is 5. The molecule has 0 aliphatic carbocycles. The minimum atomic E-state index is -1.25. The lowest BCUT2D eigenvalue weighted by molar-refractivity contribution is -0.140. The number of anilines is 1. The Hall–Kier alpha value is -4.43. The van der Waals surface area contributed by atoms with Gasteiger partial charge in [0, 0.05) is 19.1 Å². The van der Waals surface area contributed by atoms with Crippen LogP contribution in [-0.4, -0.2) is 79.9 Å². The number of aromatic nitrogens is 4. The molecule has 0 saturated carbocycles. The fourth-order valence-corrected chi connectivity index (χ4v) is 5.32. The van der Waals surface area contributed by atoms with Crippen LogP contribution in [0.4, 0.5) is 5.82 Å². The van der Waals surface area contributed by atoms with Gasteiger partial charge in [-0.05, 0) is 57.2 Å². The van der Waals surface area contributed by atoms with Gasteiger partial charge in [-0.1, -0.05) is 47.6 Å². The zero-order valence-electron chi connectivity index (χ0n) is 25.1. The van der Waals surface area contributed by atoms with Crippen molar-refractivity contribution in [3.63, 3.8) is 0 Å². The maximum atomic E-state index is 13.3. The molecule has 0 radical (unpaired) electrons. The minimum absolute atomic E-state index is 0.00684. The summed E-state index contributed by atoms with van der Waals surface area (Å²) in [5.41, 5.74) is 1.85. The van der Waals surface area contributed by atoms with E-state index in [1.165, 1.54) is 22.5 Å². The number of carbonyl (C=O) groups excluding carboxylic acids is 2. The molecule has 0 bridgehead atoms. The van der Waals surface area contributed by atoms with Crippen LogP contribution in [-0.2, 0) is 27.3 Å². The third kappa shape index (κ3) is 9.04. The molecular formula is C30H40N8O6. The monoisotopic (exact) mass is 608 g/mol. The molecule has 4 rings (SSSR count). The van der Waals surface area contributed by atoms with E-state index in [0.29, 0.717) is 24.0 Å². The summed E-state index contributed by atoms with van der Waals surface area (Å²) in [6.07, 6.45) is 5.57. The highest BCUT2D eigenvalue weighted by atomic mass is 16.6. The molecule has 1 amide bonds. The summed E-state index contributed by atoms with van der Waals surface area (Å²) < 4.78 is 5.87. The number of amides is 1. The Kier molecular flexibility index (Phi) is 11.7. The van der Waals surface area contributed by atoms with Gasteiger partial charge in [0.15, 0.2) is 11.6 Å². The number of aryl methyl sites for hydroxylation is 1. The number of Topliss-reactive ketones (excluding diaryl/α,β-unsaturated/α-hetero) is 1. The first-order valence-electron chi connectivity index (χ1n) is 14.9. The zero-order chi connectivity index (χ0) is 31.5. The van der Waals surface area contributed by atoms with Gasteiger partial charge in [0.05, 0.1) is 25.6 Å². The van der Waals surface area contributed by atoms with Gasteiger partial charge in [-0.2, -0.15) is 0 Å². The second-order valence-corrected chi connectivity index (χ2v) is 11.0. The van der Waals surface area contributed by atoms with Crippen molar-refractivity contribution in [1.82, 2.24) is 35.4 Å². The van der Waals surface area contributed by atoms with E-state index in [0.717, 1.165) is 32.4 Å². The quantitative estimate of drug-likeness (QED) is 0.184. The Morgan fingerprint density at radius 2 is 1.89 bits per heavy atom. The predicted molar refractivity (Wildman–Crippen MR) is 161 cm³/mol. The first-order chi connectivity index (χ1) is 21.2. The van der Waals surface area contributed by atoms with Crippen LogP contribution >= 0.6 is 0 Å². The molecule has 14 nitrogen and oxygen atoms in total. The SMILES string of the molecule is CCC(C(=O)N[C@@H](CC(=O)O)C(=O)CNCN1CCC(Cc2ccccc2)CC1)n1ccnc(NCc2nonc2C)c1=O. The van der Waals surface area contributed by atoms with Crippen molar-refractivity contribution in [2.24, 2.45) is 5.92 Å². The minimum Gasteiger partial charge on any atom is -0.481 e. The second kappa shape index (κ2) is 15.9. The lowest BCUT2D eigenvalue weighted by Gasteiger charge is -2.32. The van der Waals surface area contributed by atoms with Crippen LogP contribution in [0.25, 0.3) is 0 Å². The predicted octanol–water partition coefficient (Wildman–Crippen LogP) is 1.53. The lowest BCUT2D eigenvalue weighted by Crippen LogP contribution is -2.50. The van der Waals surface area contributed by atoms with E-state index in [1.807, 2.05) is 6.07 Å². The average Bonchev–Trinajstić information content (AvgIpc) is 3.42. The van der Waals surface area contributed by atoms with Crippen molar-refractivity contribution in [2.75, 3.05) is 31.6 Å². The maximum absolute atomic E-state index is 13.3. The molecule has 1 saturated heterocycles. The average molecular weight is 609 g/mol. The Morgan fingerprint density at radius 3 is 2.55 bits per heavy atom. The Balaban J connectivity index is 1.29. The number of hydrogen-bond acceptors (Lipinski definition) is 11. The summed E-state index contributed by atoms with van der Waals surface area (Å²) in [7, 11) is 0. The Labute approximate surface area is 255 Å². The van der Waals surface area contributed by atoms with Gasteiger partial charge in [0.1, 0.15) is 17.4 Å². The summed E-state index contributed by atoms with van der Waals surface area (Å²) in [5, 5.41) is 25.5. The molecule has 1 aliphatic heterocycles. The van der Waals surface area contributed by atoms with Gasteiger partial charge in [-0.3, -0.25) is 34.0 Å². The van der Waals surface area contributed by atoms with Crippen molar-refractivity contribution in [1.29, 1.82) is 0 Å². The molecule has 2 aromatic heterocycles. The standard InChI is InChI=1S/C30H40N8O6/c1-3-25(38-14-11-32-28(30(38)43)33-17-24-20(2)35-44-36-24)29(42)34-23(16-27(40)41)26(39)18-31-19-37-12-9-22(10-13-37)15-21-7-5-4-6-8-21/h4-8,11,14,22-23,25,31H,3,9-10,12-13,15-19H2,1-2H3,(H,32,33)(H,34,42)(H,40,41)/t23-,25?/m0/s1. The number of ketones is 1. The molecule has 4 N–H and O–H groups in total. The largest absolute Gasteiger partial charge is 0.481 e. The van der Waals surface area contributed by atoms with Crippen LogP contribution in [0.3, 0.4) is 0 Å². The van der Waals surface area contributed by atoms with Crippen LogP contribution in [0.5, 0.6) is 0 Å². The van der Waals surface area contributed by atoms with Crippen molar-refractivity contribution in [3.8, 4) is 0 Å². The molecular weight excluding hydrogens is 568 g/mol. The fraction of sp³-hybridized carbons (Fsp3) is 0.500. The number of hydrogen-bond donors (Lipinski definition) is 4. The molecule has 14 heteroatoms. The van der Waals surface area contributed by atoms with Gasteiger partial charge in [-0.15, -0.1) is 0 Å². The molecule has 1 fully saturated rings. The number of benzene rings is 1. The van der Waals surface area contributed by atoms with Crippen LogP contribution in [0.1, 0.15) is 55.6 Å². The Bertz CT molecular complexity index is 1450. The highest BCUT2D eigenvalue weighted by Gasteiger charge is 2.28. The molecule has 1 aromatic carbocycles. The summed E-state index contributed by atoms with van der Waals surface area (Å²) in [6, 6.07) is 8.20. The van der Waals surface area contributed by atoms with Crippen LogP contribution in [0, 0.1) is 12.8 Å². The van der Waals surface area contributed by atoms with Crippen LogP contribution in [0.15, 0.2) is 52.1 Å². The molecule has 44 heavy (non-hydrogen) atoms. The maximum Gasteiger partial charge on any atom is 0.305 e. The lowest BCUT2D eigenvalue weighted by atomic mass is 9.90. The van der Waals surface area contributed by atoms with E-state index in [9.17, 15) is 24.3 Å². The van der Waals surface area contributed by atoms with Gasteiger partial charge in [-0.25, -0.2) is 9.61 Å². The molecule has 3 heterocycles. The topological polar surface area (TPSA) is 185 Å². The number of rotatable bonds is 16.